The van der Waals surface area contributed by atoms with E-state index in [0.717, 1.165) is 51.9 Å². The number of nitrogens with zero attached hydrogens (tertiary/aromatic N) is 4. The van der Waals surface area contributed by atoms with Crippen LogP contribution in [0.4, 0.5) is 0 Å². The Morgan fingerprint density at radius 2 is 0.682 bits per heavy atom. The van der Waals surface area contributed by atoms with Gasteiger partial charge in [-0.2, -0.15) is 26.2 Å². The van der Waals surface area contributed by atoms with Gasteiger partial charge in [0.1, 0.15) is 0 Å². The maximum absolute atomic E-state index is 4.31. The van der Waals surface area contributed by atoms with Crippen LogP contribution in [0.15, 0.2) is 0 Å². The molecule has 22 heavy (non-hydrogen) atoms. The van der Waals surface area contributed by atoms with Crippen LogP contribution in [0.5, 0.6) is 0 Å². The summed E-state index contributed by atoms with van der Waals surface area (Å²) in [6.45, 7) is 16.4. The van der Waals surface area contributed by atoms with Crippen molar-refractivity contribution in [1.82, 2.24) is 0 Å². The third-order valence-corrected chi connectivity index (χ3v) is 2.47. The van der Waals surface area contributed by atoms with E-state index in [0.29, 0.717) is 0 Å². The fraction of sp³-hybridized carbons (Fsp3) is 1.00. The van der Waals surface area contributed by atoms with Crippen LogP contribution < -0.4 is 0 Å². The van der Waals surface area contributed by atoms with Gasteiger partial charge in [-0.1, -0.05) is 53.4 Å². The summed E-state index contributed by atoms with van der Waals surface area (Å²) in [6, 6.07) is 0. The van der Waals surface area contributed by atoms with E-state index in [2.05, 4.69) is 49.0 Å². The maximum atomic E-state index is 4.31. The van der Waals surface area contributed by atoms with E-state index in [1.54, 1.807) is 0 Å². The van der Waals surface area contributed by atoms with Crippen LogP contribution >= 0.6 is 0 Å². The Hall–Kier alpha value is 0.879. The molecule has 0 rings (SSSR count). The second kappa shape index (κ2) is 26.8. The second-order valence-electron chi connectivity index (χ2n) is 4.89. The van der Waals surface area contributed by atoms with Gasteiger partial charge in [0.15, 0.2) is 0 Å². The third kappa shape index (κ3) is 29.0. The SMILES string of the molecule is CCC[N-]C(C)[N-]CCC.CCC[N-]C(C)[N-]CCC.[Cu+2].[Cu+2]. The molecule has 0 saturated carbocycles. The summed E-state index contributed by atoms with van der Waals surface area (Å²) in [4.78, 5) is 0. The van der Waals surface area contributed by atoms with E-state index in [1.165, 1.54) is 0 Å². The summed E-state index contributed by atoms with van der Waals surface area (Å²) in [7, 11) is 0. The topological polar surface area (TPSA) is 56.4 Å². The molecule has 4 nitrogen and oxygen atoms in total. The molecule has 0 heterocycles. The molecule has 0 aromatic heterocycles. The molecule has 0 aromatic rings. The molecule has 0 aromatic carbocycles. The van der Waals surface area contributed by atoms with Gasteiger partial charge in [-0.15, -0.1) is 13.8 Å². The van der Waals surface area contributed by atoms with Crippen LogP contribution in [0.25, 0.3) is 21.3 Å². The monoisotopic (exact) mass is 410 g/mol. The summed E-state index contributed by atoms with van der Waals surface area (Å²) in [5.74, 6) is 0. The number of rotatable bonds is 12. The van der Waals surface area contributed by atoms with Crippen LogP contribution in [0.3, 0.4) is 0 Å². The number of hydrogen-bond acceptors (Lipinski definition) is 0. The standard InChI is InChI=1S/2C8H18N2.2Cu/c2*1-4-6-9-8(3)10-7-5-2;;/h2*8H,4-7H2,1-3H3;;/q2*-2;2*+2. The van der Waals surface area contributed by atoms with Gasteiger partial charge >= 0.3 is 34.1 Å². The molecule has 0 atom stereocenters. The van der Waals surface area contributed by atoms with Gasteiger partial charge in [-0.3, -0.25) is 0 Å². The van der Waals surface area contributed by atoms with Crippen LogP contribution in [-0.2, 0) is 34.1 Å². The number of hydrogen-bond donors (Lipinski definition) is 0. The van der Waals surface area contributed by atoms with Crippen molar-refractivity contribution in [2.24, 2.45) is 0 Å². The Balaban J connectivity index is -0.000000135. The van der Waals surface area contributed by atoms with E-state index in [4.69, 9.17) is 0 Å². The average Bonchev–Trinajstić information content (AvgIpc) is 2.47. The van der Waals surface area contributed by atoms with Crippen molar-refractivity contribution in [3.63, 3.8) is 0 Å². The zero-order valence-corrected chi connectivity index (χ0v) is 17.1. The van der Waals surface area contributed by atoms with Crippen LogP contribution in [0, 0.1) is 0 Å². The average molecular weight is 412 g/mol. The largest absolute Gasteiger partial charge is 2.00 e. The first-order valence-corrected chi connectivity index (χ1v) is 8.28. The molecule has 0 saturated heterocycles. The molecular weight excluding hydrogens is 375 g/mol. The van der Waals surface area contributed by atoms with Crippen molar-refractivity contribution in [3.05, 3.63) is 21.3 Å². The minimum atomic E-state index is 0. The first kappa shape index (κ1) is 30.7. The summed E-state index contributed by atoms with van der Waals surface area (Å²) in [5.41, 5.74) is 0. The van der Waals surface area contributed by atoms with Crippen LogP contribution in [0.2, 0.25) is 0 Å². The van der Waals surface area contributed by atoms with Gasteiger partial charge in [0, 0.05) is 0 Å². The van der Waals surface area contributed by atoms with E-state index >= 15 is 0 Å². The van der Waals surface area contributed by atoms with Crippen molar-refractivity contribution in [3.8, 4) is 0 Å². The van der Waals surface area contributed by atoms with Gasteiger partial charge in [-0.05, 0) is 0 Å². The summed E-state index contributed by atoms with van der Waals surface area (Å²) in [5, 5.41) is 17.3. The molecular formula is C16H36Cu2N4. The molecule has 0 aliphatic carbocycles. The van der Waals surface area contributed by atoms with Gasteiger partial charge in [0.25, 0.3) is 0 Å². The van der Waals surface area contributed by atoms with Crippen LogP contribution in [0.1, 0.15) is 67.2 Å². The predicted octanol–water partition coefficient (Wildman–Crippen LogP) is 5.79. The zero-order chi connectivity index (χ0) is 15.6. The Labute approximate surface area is 161 Å². The molecule has 0 fully saturated rings. The molecule has 0 aliphatic heterocycles. The molecule has 0 N–H and O–H groups in total. The van der Waals surface area contributed by atoms with Gasteiger partial charge in [0.2, 0.25) is 0 Å². The maximum Gasteiger partial charge on any atom is 2.00 e. The van der Waals surface area contributed by atoms with E-state index in [9.17, 15) is 0 Å². The fourth-order valence-electron chi connectivity index (χ4n) is 1.38. The first-order chi connectivity index (χ1) is 9.62. The molecule has 2 radical (unpaired) electrons. The molecule has 0 spiro atoms. The van der Waals surface area contributed by atoms with Crippen molar-refractivity contribution < 1.29 is 34.1 Å². The van der Waals surface area contributed by atoms with Gasteiger partial charge in [0.05, 0.1) is 0 Å². The second-order valence-corrected chi connectivity index (χ2v) is 4.89. The van der Waals surface area contributed by atoms with Gasteiger partial charge in [-0.25, -0.2) is 12.3 Å². The van der Waals surface area contributed by atoms with E-state index in [-0.39, 0.29) is 46.5 Å². The summed E-state index contributed by atoms with van der Waals surface area (Å²) >= 11 is 0. The van der Waals surface area contributed by atoms with Crippen molar-refractivity contribution in [2.45, 2.75) is 79.6 Å². The van der Waals surface area contributed by atoms with Gasteiger partial charge < -0.3 is 21.3 Å². The molecule has 142 valence electrons. The smallest absolute Gasteiger partial charge is 0.678 e. The van der Waals surface area contributed by atoms with Crippen molar-refractivity contribution >= 4 is 0 Å². The molecule has 0 unspecified atom stereocenters. The summed E-state index contributed by atoms with van der Waals surface area (Å²) in [6.07, 6.45) is 4.97. The normalized spacial score (nSPS) is 9.82. The Kier molecular flexibility index (Phi) is 37.4. The molecule has 6 heteroatoms. The van der Waals surface area contributed by atoms with Crippen molar-refractivity contribution in [2.75, 3.05) is 26.2 Å². The Bertz CT molecular complexity index is 140. The Morgan fingerprint density at radius 1 is 0.500 bits per heavy atom. The minimum Gasteiger partial charge on any atom is -0.678 e. The molecule has 0 bridgehead atoms. The van der Waals surface area contributed by atoms with Crippen LogP contribution in [-0.4, -0.2) is 38.5 Å². The fourth-order valence-corrected chi connectivity index (χ4v) is 1.38. The van der Waals surface area contributed by atoms with E-state index in [1.807, 2.05) is 13.8 Å². The quantitative estimate of drug-likeness (QED) is 0.365. The summed E-state index contributed by atoms with van der Waals surface area (Å²) < 4.78 is 0. The Morgan fingerprint density at radius 3 is 0.818 bits per heavy atom. The van der Waals surface area contributed by atoms with Crippen molar-refractivity contribution in [1.29, 1.82) is 0 Å². The molecule has 0 aliphatic rings. The molecule has 0 amide bonds. The predicted molar refractivity (Wildman–Crippen MR) is 93.0 cm³/mol. The first-order valence-electron chi connectivity index (χ1n) is 8.28. The third-order valence-electron chi connectivity index (χ3n) is 2.47. The minimum absolute atomic E-state index is 0. The zero-order valence-electron chi connectivity index (χ0n) is 15.2. The van der Waals surface area contributed by atoms with E-state index < -0.39 is 0 Å².